The minimum Gasteiger partial charge on any atom is -0.478 e. The van der Waals surface area contributed by atoms with Gasteiger partial charge in [0, 0.05) is 5.69 Å². The van der Waals surface area contributed by atoms with E-state index in [9.17, 15) is 4.79 Å². The Morgan fingerprint density at radius 2 is 2.33 bits per heavy atom. The molecule has 1 aromatic heterocycles. The van der Waals surface area contributed by atoms with Crippen molar-refractivity contribution in [2.75, 3.05) is 0 Å². The van der Waals surface area contributed by atoms with Crippen LogP contribution in [0, 0.1) is 6.92 Å². The Hall–Kier alpha value is -1.64. The number of aromatic nitrogens is 1. The molecule has 1 aromatic rings. The Morgan fingerprint density at radius 1 is 1.67 bits per heavy atom. The number of carbonyl (C=O) groups is 1. The molecule has 1 rings (SSSR count). The van der Waals surface area contributed by atoms with Gasteiger partial charge in [0.15, 0.2) is 0 Å². The molecule has 0 amide bonds. The van der Waals surface area contributed by atoms with E-state index in [1.165, 1.54) is 12.1 Å². The summed E-state index contributed by atoms with van der Waals surface area (Å²) < 4.78 is 0. The molecule has 0 aromatic carbocycles. The lowest BCUT2D eigenvalue weighted by molar-refractivity contribution is 0.0696. The number of hydrogen-bond acceptors (Lipinski definition) is 2. The molecule has 12 heavy (non-hydrogen) atoms. The summed E-state index contributed by atoms with van der Waals surface area (Å²) in [4.78, 5) is 14.6. The lowest BCUT2D eigenvalue weighted by atomic mass is 10.2. The van der Waals surface area contributed by atoms with Gasteiger partial charge in [-0.3, -0.25) is 4.98 Å². The van der Waals surface area contributed by atoms with Crippen LogP contribution in [0.1, 0.15) is 21.7 Å². The summed E-state index contributed by atoms with van der Waals surface area (Å²) >= 11 is 0. The molecule has 1 heterocycles. The highest BCUT2D eigenvalue weighted by Crippen LogP contribution is 2.08. The van der Waals surface area contributed by atoms with Crippen molar-refractivity contribution in [3.05, 3.63) is 35.7 Å². The van der Waals surface area contributed by atoms with Gasteiger partial charge in [-0.2, -0.15) is 0 Å². The lowest BCUT2D eigenvalue weighted by Gasteiger charge is -2.00. The van der Waals surface area contributed by atoms with Crippen LogP contribution in [0.2, 0.25) is 0 Å². The second-order valence-corrected chi connectivity index (χ2v) is 2.39. The van der Waals surface area contributed by atoms with Crippen molar-refractivity contribution in [2.45, 2.75) is 6.92 Å². The number of rotatable bonds is 2. The van der Waals surface area contributed by atoms with Crippen molar-refractivity contribution in [1.82, 2.24) is 4.98 Å². The van der Waals surface area contributed by atoms with Gasteiger partial charge < -0.3 is 5.11 Å². The largest absolute Gasteiger partial charge is 0.478 e. The van der Waals surface area contributed by atoms with Crippen LogP contribution >= 0.6 is 0 Å². The van der Waals surface area contributed by atoms with Crippen molar-refractivity contribution in [3.63, 3.8) is 0 Å². The second-order valence-electron chi connectivity index (χ2n) is 2.39. The normalized spacial score (nSPS) is 9.42. The molecule has 0 radical (unpaired) electrons. The second kappa shape index (κ2) is 3.17. The van der Waals surface area contributed by atoms with E-state index in [2.05, 4.69) is 11.6 Å². The Bertz CT molecular complexity index is 331. The van der Waals surface area contributed by atoms with Crippen molar-refractivity contribution < 1.29 is 9.90 Å². The maximum Gasteiger partial charge on any atom is 0.337 e. The number of aromatic carboxylic acids is 1. The molecule has 0 aliphatic carbocycles. The quantitative estimate of drug-likeness (QED) is 0.722. The van der Waals surface area contributed by atoms with Crippen LogP contribution in [-0.4, -0.2) is 16.1 Å². The van der Waals surface area contributed by atoms with E-state index in [0.29, 0.717) is 5.69 Å². The molecule has 62 valence electrons. The maximum atomic E-state index is 10.6. The van der Waals surface area contributed by atoms with Crippen LogP contribution in [0.5, 0.6) is 0 Å². The minimum atomic E-state index is -0.975. The molecule has 0 aliphatic rings. The first-order valence-electron chi connectivity index (χ1n) is 3.48. The van der Waals surface area contributed by atoms with E-state index >= 15 is 0 Å². The summed E-state index contributed by atoms with van der Waals surface area (Å²) in [7, 11) is 0. The van der Waals surface area contributed by atoms with Gasteiger partial charge in [-0.1, -0.05) is 6.58 Å². The zero-order valence-corrected chi connectivity index (χ0v) is 6.74. The molecule has 1 N–H and O–H groups in total. The molecule has 0 fully saturated rings. The fourth-order valence-corrected chi connectivity index (χ4v) is 0.913. The molecule has 3 heteroatoms. The highest BCUT2D eigenvalue weighted by Gasteiger charge is 2.07. The first kappa shape index (κ1) is 8.46. The van der Waals surface area contributed by atoms with Crippen molar-refractivity contribution >= 4 is 12.0 Å². The Labute approximate surface area is 70.4 Å². The molecule has 0 spiro atoms. The molecular formula is C9H9NO2. The molecule has 0 bridgehead atoms. The fraction of sp³-hybridized carbons (Fsp3) is 0.111. The average molecular weight is 163 g/mol. The lowest BCUT2D eigenvalue weighted by Crippen LogP contribution is -2.01. The smallest absolute Gasteiger partial charge is 0.337 e. The summed E-state index contributed by atoms with van der Waals surface area (Å²) in [6, 6.07) is 3.19. The van der Waals surface area contributed by atoms with Crippen LogP contribution in [0.15, 0.2) is 18.7 Å². The number of nitrogens with zero attached hydrogens (tertiary/aromatic N) is 1. The Morgan fingerprint density at radius 3 is 2.83 bits per heavy atom. The van der Waals surface area contributed by atoms with Crippen molar-refractivity contribution in [1.29, 1.82) is 0 Å². The Balaban J connectivity index is 3.29. The molecule has 0 atom stereocenters. The summed E-state index contributed by atoms with van der Waals surface area (Å²) in [5.74, 6) is -0.975. The topological polar surface area (TPSA) is 50.2 Å². The first-order valence-corrected chi connectivity index (χ1v) is 3.48. The number of hydrogen-bond donors (Lipinski definition) is 1. The number of carboxylic acid groups (broad SMARTS) is 1. The molecule has 0 saturated carbocycles. The highest BCUT2D eigenvalue weighted by atomic mass is 16.4. The van der Waals surface area contributed by atoms with Crippen LogP contribution in [0.25, 0.3) is 6.08 Å². The molecule has 0 unspecified atom stereocenters. The van der Waals surface area contributed by atoms with E-state index in [0.717, 1.165) is 5.69 Å². The average Bonchev–Trinajstić information content (AvgIpc) is 2.03. The van der Waals surface area contributed by atoms with Gasteiger partial charge in [-0.25, -0.2) is 4.79 Å². The maximum absolute atomic E-state index is 10.6. The van der Waals surface area contributed by atoms with Crippen LogP contribution in [0.4, 0.5) is 0 Å². The number of carboxylic acids is 1. The van der Waals surface area contributed by atoms with Crippen LogP contribution < -0.4 is 0 Å². The molecule has 0 saturated heterocycles. The summed E-state index contributed by atoms with van der Waals surface area (Å²) in [6.45, 7) is 5.29. The molecular weight excluding hydrogens is 154 g/mol. The van der Waals surface area contributed by atoms with Crippen molar-refractivity contribution in [3.8, 4) is 0 Å². The van der Waals surface area contributed by atoms with Gasteiger partial charge in [0.25, 0.3) is 0 Å². The zero-order chi connectivity index (χ0) is 9.14. The Kier molecular flexibility index (Phi) is 2.24. The minimum absolute atomic E-state index is 0.190. The van der Waals surface area contributed by atoms with Gasteiger partial charge in [0.05, 0.1) is 11.3 Å². The third-order valence-electron chi connectivity index (χ3n) is 1.49. The van der Waals surface area contributed by atoms with E-state index in [-0.39, 0.29) is 5.56 Å². The summed E-state index contributed by atoms with van der Waals surface area (Å²) in [5.41, 5.74) is 1.40. The molecule has 0 aliphatic heterocycles. The standard InChI is InChI=1S/C9H9NO2/c1-3-8-7(9(11)12)5-4-6(2)10-8/h3-5H,1H2,2H3,(H,11,12). The first-order chi connectivity index (χ1) is 5.65. The van der Waals surface area contributed by atoms with E-state index < -0.39 is 5.97 Å². The predicted molar refractivity (Wildman–Crippen MR) is 46.0 cm³/mol. The van der Waals surface area contributed by atoms with E-state index in [4.69, 9.17) is 5.11 Å². The third-order valence-corrected chi connectivity index (χ3v) is 1.49. The van der Waals surface area contributed by atoms with Gasteiger partial charge in [-0.05, 0) is 25.1 Å². The van der Waals surface area contributed by atoms with Gasteiger partial charge in [0.2, 0.25) is 0 Å². The van der Waals surface area contributed by atoms with Crippen molar-refractivity contribution in [2.24, 2.45) is 0 Å². The fourth-order valence-electron chi connectivity index (χ4n) is 0.913. The SMILES string of the molecule is C=Cc1nc(C)ccc1C(=O)O. The third kappa shape index (κ3) is 1.50. The molecule has 3 nitrogen and oxygen atoms in total. The van der Waals surface area contributed by atoms with Gasteiger partial charge in [-0.15, -0.1) is 0 Å². The van der Waals surface area contributed by atoms with E-state index in [1.807, 2.05) is 0 Å². The number of pyridine rings is 1. The van der Waals surface area contributed by atoms with Crippen LogP contribution in [-0.2, 0) is 0 Å². The summed E-state index contributed by atoms with van der Waals surface area (Å²) in [5, 5.41) is 8.70. The number of aryl methyl sites for hydroxylation is 1. The van der Waals surface area contributed by atoms with E-state index in [1.54, 1.807) is 13.0 Å². The van der Waals surface area contributed by atoms with Gasteiger partial charge in [0.1, 0.15) is 0 Å². The summed E-state index contributed by atoms with van der Waals surface area (Å²) in [6.07, 6.45) is 1.44. The zero-order valence-electron chi connectivity index (χ0n) is 6.74. The van der Waals surface area contributed by atoms with Gasteiger partial charge >= 0.3 is 5.97 Å². The monoisotopic (exact) mass is 163 g/mol. The highest BCUT2D eigenvalue weighted by molar-refractivity contribution is 5.91. The predicted octanol–water partition coefficient (Wildman–Crippen LogP) is 1.73. The van der Waals surface area contributed by atoms with Crippen LogP contribution in [0.3, 0.4) is 0 Å².